The smallest absolute Gasteiger partial charge is 0.225 e. The highest BCUT2D eigenvalue weighted by Gasteiger charge is 2.24. The van der Waals surface area contributed by atoms with E-state index in [0.717, 1.165) is 36.6 Å². The van der Waals surface area contributed by atoms with Gasteiger partial charge in [-0.2, -0.15) is 0 Å². The Morgan fingerprint density at radius 3 is 2.85 bits per heavy atom. The van der Waals surface area contributed by atoms with E-state index in [1.165, 1.54) is 0 Å². The molecular formula is C14H19ClN2O3. The second-order valence-electron chi connectivity index (χ2n) is 4.87. The van der Waals surface area contributed by atoms with Crippen LogP contribution in [0.2, 0.25) is 0 Å². The van der Waals surface area contributed by atoms with Gasteiger partial charge < -0.3 is 20.1 Å². The fraction of sp³-hybridized carbons (Fsp3) is 0.500. The largest absolute Gasteiger partial charge is 0.490 e. The maximum Gasteiger partial charge on any atom is 0.225 e. The van der Waals surface area contributed by atoms with Gasteiger partial charge in [0.1, 0.15) is 0 Å². The Hall–Kier alpha value is -1.46. The molecule has 0 aliphatic carbocycles. The molecule has 0 bridgehead atoms. The lowest BCUT2D eigenvalue weighted by Gasteiger charge is -2.26. The number of benzene rings is 1. The molecule has 0 atom stereocenters. The number of fused-ring (bicyclic) bond motifs is 1. The van der Waals surface area contributed by atoms with Crippen LogP contribution in [0.15, 0.2) is 18.2 Å². The highest BCUT2D eigenvalue weighted by atomic mass is 35.5. The van der Waals surface area contributed by atoms with Crippen molar-refractivity contribution in [3.63, 3.8) is 0 Å². The summed E-state index contributed by atoms with van der Waals surface area (Å²) in [6, 6.07) is 5.80. The summed E-state index contributed by atoms with van der Waals surface area (Å²) in [4.78, 5) is 11.8. The lowest BCUT2D eigenvalue weighted by molar-refractivity contribution is -0.126. The summed E-state index contributed by atoms with van der Waals surface area (Å²) >= 11 is 0. The van der Waals surface area contributed by atoms with Crippen LogP contribution >= 0.6 is 12.4 Å². The summed E-state index contributed by atoms with van der Waals surface area (Å²) in [5.74, 6) is 1.76. The van der Waals surface area contributed by atoms with E-state index in [-0.39, 0.29) is 24.2 Å². The second-order valence-corrected chi connectivity index (χ2v) is 4.87. The van der Waals surface area contributed by atoms with Crippen LogP contribution < -0.4 is 20.1 Å². The van der Waals surface area contributed by atoms with E-state index in [9.17, 15) is 4.79 Å². The average molecular weight is 299 g/mol. The molecule has 2 aliphatic heterocycles. The molecule has 1 aromatic carbocycles. The topological polar surface area (TPSA) is 59.6 Å². The first kappa shape index (κ1) is 14.9. The maximum atomic E-state index is 11.8. The van der Waals surface area contributed by atoms with Crippen molar-refractivity contribution >= 4 is 18.3 Å². The van der Waals surface area contributed by atoms with Crippen molar-refractivity contribution in [2.75, 3.05) is 26.3 Å². The Balaban J connectivity index is 0.00000147. The minimum Gasteiger partial charge on any atom is -0.490 e. The number of para-hydroxylation sites is 1. The Labute approximate surface area is 124 Å². The van der Waals surface area contributed by atoms with Crippen molar-refractivity contribution in [2.24, 2.45) is 5.92 Å². The van der Waals surface area contributed by atoms with E-state index in [4.69, 9.17) is 9.47 Å². The number of carbonyl (C=O) groups excluding carboxylic acids is 1. The van der Waals surface area contributed by atoms with Crippen molar-refractivity contribution in [1.82, 2.24) is 10.6 Å². The van der Waals surface area contributed by atoms with Gasteiger partial charge in [-0.3, -0.25) is 4.79 Å². The van der Waals surface area contributed by atoms with E-state index in [2.05, 4.69) is 10.6 Å². The number of halogens is 1. The van der Waals surface area contributed by atoms with E-state index in [0.29, 0.717) is 19.8 Å². The van der Waals surface area contributed by atoms with E-state index >= 15 is 0 Å². The molecule has 2 N–H and O–H groups in total. The molecule has 0 radical (unpaired) electrons. The highest BCUT2D eigenvalue weighted by molar-refractivity contribution is 5.85. The first-order chi connectivity index (χ1) is 9.34. The Kier molecular flexibility index (Phi) is 5.09. The normalized spacial score (nSPS) is 17.4. The van der Waals surface area contributed by atoms with E-state index in [1.807, 2.05) is 18.2 Å². The lowest BCUT2D eigenvalue weighted by atomic mass is 10.0. The fourth-order valence-corrected chi connectivity index (χ4v) is 2.19. The van der Waals surface area contributed by atoms with Crippen LogP contribution in [0, 0.1) is 5.92 Å². The van der Waals surface area contributed by atoms with Gasteiger partial charge in [0.15, 0.2) is 11.5 Å². The number of ether oxygens (including phenoxy) is 2. The zero-order valence-corrected chi connectivity index (χ0v) is 12.0. The molecule has 5 nitrogen and oxygen atoms in total. The van der Waals surface area contributed by atoms with E-state index in [1.54, 1.807) is 0 Å². The third kappa shape index (κ3) is 3.16. The van der Waals surface area contributed by atoms with Gasteiger partial charge in [-0.05, 0) is 6.07 Å². The summed E-state index contributed by atoms with van der Waals surface area (Å²) in [5.41, 5.74) is 0.972. The van der Waals surface area contributed by atoms with Gasteiger partial charge in [-0.1, -0.05) is 12.1 Å². The first-order valence-corrected chi connectivity index (χ1v) is 6.70. The number of hydrogen-bond acceptors (Lipinski definition) is 4. The molecular weight excluding hydrogens is 280 g/mol. The Bertz CT molecular complexity index is 477. The van der Waals surface area contributed by atoms with Crippen molar-refractivity contribution in [3.8, 4) is 11.5 Å². The molecule has 0 saturated carbocycles. The predicted molar refractivity (Wildman–Crippen MR) is 77.5 cm³/mol. The van der Waals surface area contributed by atoms with Gasteiger partial charge in [0.05, 0.1) is 19.1 Å². The summed E-state index contributed by atoms with van der Waals surface area (Å²) < 4.78 is 11.4. The molecule has 1 amide bonds. The van der Waals surface area contributed by atoms with Crippen LogP contribution in [-0.4, -0.2) is 32.2 Å². The third-order valence-corrected chi connectivity index (χ3v) is 3.46. The van der Waals surface area contributed by atoms with Crippen LogP contribution in [0.3, 0.4) is 0 Å². The molecule has 110 valence electrons. The summed E-state index contributed by atoms with van der Waals surface area (Å²) in [5, 5.41) is 6.05. The van der Waals surface area contributed by atoms with Crippen LogP contribution in [-0.2, 0) is 11.3 Å². The molecule has 2 aliphatic rings. The zero-order valence-electron chi connectivity index (χ0n) is 11.2. The molecule has 20 heavy (non-hydrogen) atoms. The molecule has 2 heterocycles. The van der Waals surface area contributed by atoms with Crippen molar-refractivity contribution in [1.29, 1.82) is 0 Å². The second kappa shape index (κ2) is 6.81. The molecule has 6 heteroatoms. The molecule has 3 rings (SSSR count). The molecule has 0 aromatic heterocycles. The SMILES string of the molecule is Cl.O=C(NCc1cccc2c1OCCCO2)C1CNC1. The zero-order chi connectivity index (χ0) is 13.1. The lowest BCUT2D eigenvalue weighted by Crippen LogP contribution is -2.50. The molecule has 0 unspecified atom stereocenters. The van der Waals surface area contributed by atoms with Crippen LogP contribution in [0.4, 0.5) is 0 Å². The average Bonchev–Trinajstić information content (AvgIpc) is 2.59. The van der Waals surface area contributed by atoms with Gasteiger partial charge in [-0.15, -0.1) is 12.4 Å². The van der Waals surface area contributed by atoms with Gasteiger partial charge in [0, 0.05) is 31.6 Å². The predicted octanol–water partition coefficient (Wildman–Crippen LogP) is 1.11. The van der Waals surface area contributed by atoms with Crippen LogP contribution in [0.25, 0.3) is 0 Å². The Morgan fingerprint density at radius 2 is 2.10 bits per heavy atom. The summed E-state index contributed by atoms with van der Waals surface area (Å²) in [6.45, 7) is 3.37. The summed E-state index contributed by atoms with van der Waals surface area (Å²) in [6.07, 6.45) is 0.883. The monoisotopic (exact) mass is 298 g/mol. The first-order valence-electron chi connectivity index (χ1n) is 6.70. The van der Waals surface area contributed by atoms with Crippen LogP contribution in [0.5, 0.6) is 11.5 Å². The van der Waals surface area contributed by atoms with Gasteiger partial charge in [0.25, 0.3) is 0 Å². The number of amides is 1. The molecule has 1 aromatic rings. The van der Waals surface area contributed by atoms with E-state index < -0.39 is 0 Å². The maximum absolute atomic E-state index is 11.8. The highest BCUT2D eigenvalue weighted by Crippen LogP contribution is 2.33. The number of hydrogen-bond donors (Lipinski definition) is 2. The number of rotatable bonds is 3. The minimum absolute atomic E-state index is 0. The minimum atomic E-state index is 0. The van der Waals surface area contributed by atoms with Gasteiger partial charge in [0.2, 0.25) is 5.91 Å². The molecule has 0 spiro atoms. The molecule has 1 fully saturated rings. The fourth-order valence-electron chi connectivity index (χ4n) is 2.19. The quantitative estimate of drug-likeness (QED) is 0.877. The summed E-state index contributed by atoms with van der Waals surface area (Å²) in [7, 11) is 0. The van der Waals surface area contributed by atoms with Gasteiger partial charge >= 0.3 is 0 Å². The van der Waals surface area contributed by atoms with Crippen LogP contribution in [0.1, 0.15) is 12.0 Å². The standard InChI is InChI=1S/C14H18N2O3.ClH/c17-14(11-7-15-8-11)16-9-10-3-1-4-12-13(10)19-6-2-5-18-12;/h1,3-4,11,15H,2,5-9H2,(H,16,17);1H. The van der Waals surface area contributed by atoms with Gasteiger partial charge in [-0.25, -0.2) is 0 Å². The van der Waals surface area contributed by atoms with Crippen molar-refractivity contribution in [3.05, 3.63) is 23.8 Å². The third-order valence-electron chi connectivity index (χ3n) is 3.46. The van der Waals surface area contributed by atoms with Crippen molar-refractivity contribution < 1.29 is 14.3 Å². The number of carbonyl (C=O) groups is 1. The number of nitrogens with one attached hydrogen (secondary N) is 2. The molecule has 1 saturated heterocycles. The van der Waals surface area contributed by atoms with Crippen molar-refractivity contribution in [2.45, 2.75) is 13.0 Å². The Morgan fingerprint density at radius 1 is 1.30 bits per heavy atom.